The van der Waals surface area contributed by atoms with Gasteiger partial charge in [-0.15, -0.1) is 11.3 Å². The van der Waals surface area contributed by atoms with E-state index in [1.807, 2.05) is 6.20 Å². The van der Waals surface area contributed by atoms with Gasteiger partial charge in [0, 0.05) is 17.5 Å². The van der Waals surface area contributed by atoms with Gasteiger partial charge < -0.3 is 5.32 Å². The zero-order chi connectivity index (χ0) is 16.9. The Balaban J connectivity index is 1.59. The highest BCUT2D eigenvalue weighted by molar-refractivity contribution is 7.11. The summed E-state index contributed by atoms with van der Waals surface area (Å²) < 4.78 is 13.6. The predicted octanol–water partition coefficient (Wildman–Crippen LogP) is 4.11. The normalized spacial score (nSPS) is 10.6. The summed E-state index contributed by atoms with van der Waals surface area (Å²) >= 11 is 1.55. The summed E-state index contributed by atoms with van der Waals surface area (Å²) in [6, 6.07) is 14.3. The van der Waals surface area contributed by atoms with Gasteiger partial charge in [0.15, 0.2) is 0 Å². The van der Waals surface area contributed by atoms with Gasteiger partial charge in [0.2, 0.25) is 0 Å². The molecule has 1 heterocycles. The van der Waals surface area contributed by atoms with Gasteiger partial charge in [0.05, 0.1) is 12.1 Å². The summed E-state index contributed by atoms with van der Waals surface area (Å²) in [6.07, 6.45) is 2.65. The first-order chi connectivity index (χ1) is 11.6. The van der Waals surface area contributed by atoms with Gasteiger partial charge in [-0.1, -0.05) is 42.0 Å². The Morgan fingerprint density at radius 1 is 1.17 bits per heavy atom. The standard InChI is InChI=1S/C19H17FN2OS/c1-13-6-8-14(9-7-13)10-15-11-21-18(24-15)12-22-19(23)16-4-2-3-5-17(16)20/h2-9,11H,10,12H2,1H3,(H,22,23). The molecule has 122 valence electrons. The molecule has 2 aromatic carbocycles. The summed E-state index contributed by atoms with van der Waals surface area (Å²) in [4.78, 5) is 17.5. The largest absolute Gasteiger partial charge is 0.345 e. The van der Waals surface area contributed by atoms with Crippen LogP contribution in [0.2, 0.25) is 0 Å². The molecule has 5 heteroatoms. The second kappa shape index (κ2) is 7.36. The first-order valence-electron chi connectivity index (χ1n) is 7.63. The lowest BCUT2D eigenvalue weighted by Gasteiger charge is -2.03. The molecule has 3 aromatic rings. The molecule has 0 bridgehead atoms. The fourth-order valence-corrected chi connectivity index (χ4v) is 3.21. The predicted molar refractivity (Wildman–Crippen MR) is 93.7 cm³/mol. The van der Waals surface area contributed by atoms with Crippen LogP contribution in [-0.4, -0.2) is 10.9 Å². The van der Waals surface area contributed by atoms with Crippen LogP contribution < -0.4 is 5.32 Å². The van der Waals surface area contributed by atoms with Gasteiger partial charge in [-0.2, -0.15) is 0 Å². The van der Waals surface area contributed by atoms with Crippen molar-refractivity contribution in [2.45, 2.75) is 19.9 Å². The second-order valence-corrected chi connectivity index (χ2v) is 6.74. The number of thiazole rings is 1. The maximum atomic E-state index is 13.6. The molecule has 3 nitrogen and oxygen atoms in total. The Kier molecular flexibility index (Phi) is 5.01. The number of nitrogens with zero attached hydrogens (tertiary/aromatic N) is 1. The second-order valence-electron chi connectivity index (χ2n) is 5.55. The van der Waals surface area contributed by atoms with Gasteiger partial charge >= 0.3 is 0 Å². The van der Waals surface area contributed by atoms with Crippen LogP contribution in [0.25, 0.3) is 0 Å². The molecule has 1 amide bonds. The Morgan fingerprint density at radius 3 is 2.67 bits per heavy atom. The summed E-state index contributed by atoms with van der Waals surface area (Å²) in [5, 5.41) is 3.52. The number of aromatic nitrogens is 1. The molecule has 1 N–H and O–H groups in total. The van der Waals surface area contributed by atoms with Crippen molar-refractivity contribution in [1.29, 1.82) is 0 Å². The first kappa shape index (κ1) is 16.3. The molecule has 0 aliphatic heterocycles. The average molecular weight is 340 g/mol. The van der Waals surface area contributed by atoms with Crippen molar-refractivity contribution in [2.75, 3.05) is 0 Å². The van der Waals surface area contributed by atoms with Crippen molar-refractivity contribution in [3.05, 3.63) is 87.1 Å². The van der Waals surface area contributed by atoms with Gasteiger partial charge in [0.25, 0.3) is 5.91 Å². The van der Waals surface area contributed by atoms with Crippen molar-refractivity contribution in [3.63, 3.8) is 0 Å². The van der Waals surface area contributed by atoms with E-state index in [1.165, 1.54) is 23.3 Å². The van der Waals surface area contributed by atoms with Crippen LogP contribution in [-0.2, 0) is 13.0 Å². The number of hydrogen-bond donors (Lipinski definition) is 1. The smallest absolute Gasteiger partial charge is 0.254 e. The molecule has 3 rings (SSSR count). The molecular weight excluding hydrogens is 323 g/mol. The fourth-order valence-electron chi connectivity index (χ4n) is 2.32. The zero-order valence-corrected chi connectivity index (χ0v) is 14.1. The van der Waals surface area contributed by atoms with Crippen molar-refractivity contribution < 1.29 is 9.18 Å². The SMILES string of the molecule is Cc1ccc(Cc2cnc(CNC(=O)c3ccccc3F)s2)cc1. The van der Waals surface area contributed by atoms with Crippen LogP contribution >= 0.6 is 11.3 Å². The summed E-state index contributed by atoms with van der Waals surface area (Å²) in [5.41, 5.74) is 2.51. The molecule has 0 spiro atoms. The van der Waals surface area contributed by atoms with Crippen LogP contribution in [0.3, 0.4) is 0 Å². The van der Waals surface area contributed by atoms with Crippen molar-refractivity contribution in [2.24, 2.45) is 0 Å². The minimum Gasteiger partial charge on any atom is -0.345 e. The Labute approximate surface area is 144 Å². The monoisotopic (exact) mass is 340 g/mol. The topological polar surface area (TPSA) is 42.0 Å². The molecule has 0 atom stereocenters. The van der Waals surface area contributed by atoms with E-state index in [1.54, 1.807) is 23.5 Å². The average Bonchev–Trinajstić information content (AvgIpc) is 3.03. The molecule has 0 unspecified atom stereocenters. The maximum Gasteiger partial charge on any atom is 0.254 e. The molecular formula is C19H17FN2OS. The highest BCUT2D eigenvalue weighted by Crippen LogP contribution is 2.18. The quantitative estimate of drug-likeness (QED) is 0.759. The number of rotatable bonds is 5. The third kappa shape index (κ3) is 4.06. The van der Waals surface area contributed by atoms with E-state index < -0.39 is 11.7 Å². The highest BCUT2D eigenvalue weighted by atomic mass is 32.1. The maximum absolute atomic E-state index is 13.6. The Hall–Kier alpha value is -2.53. The third-order valence-corrected chi connectivity index (χ3v) is 4.62. The van der Waals surface area contributed by atoms with Crippen LogP contribution in [0.15, 0.2) is 54.7 Å². The van der Waals surface area contributed by atoms with E-state index in [4.69, 9.17) is 0 Å². The number of halogens is 1. The van der Waals surface area contributed by atoms with E-state index >= 15 is 0 Å². The van der Waals surface area contributed by atoms with E-state index in [0.717, 1.165) is 16.3 Å². The van der Waals surface area contributed by atoms with Crippen molar-refractivity contribution >= 4 is 17.2 Å². The molecule has 0 fully saturated rings. The van der Waals surface area contributed by atoms with E-state index in [2.05, 4.69) is 41.5 Å². The molecule has 0 saturated carbocycles. The summed E-state index contributed by atoms with van der Waals surface area (Å²) in [5.74, 6) is -0.947. The lowest BCUT2D eigenvalue weighted by atomic mass is 10.1. The van der Waals surface area contributed by atoms with Crippen molar-refractivity contribution in [3.8, 4) is 0 Å². The van der Waals surface area contributed by atoms with Crippen molar-refractivity contribution in [1.82, 2.24) is 10.3 Å². The number of carbonyl (C=O) groups excluding carboxylic acids is 1. The van der Waals surface area contributed by atoms with E-state index in [0.29, 0.717) is 6.54 Å². The van der Waals surface area contributed by atoms with Gasteiger partial charge in [-0.25, -0.2) is 9.37 Å². The molecule has 0 aliphatic carbocycles. The fraction of sp³-hybridized carbons (Fsp3) is 0.158. The van der Waals surface area contributed by atoms with Gasteiger partial charge in [0.1, 0.15) is 10.8 Å². The number of nitrogens with one attached hydrogen (secondary N) is 1. The minimum atomic E-state index is -0.519. The molecule has 0 saturated heterocycles. The van der Waals surface area contributed by atoms with Crippen LogP contribution in [0.5, 0.6) is 0 Å². The highest BCUT2D eigenvalue weighted by Gasteiger charge is 2.11. The number of hydrogen-bond acceptors (Lipinski definition) is 3. The molecule has 24 heavy (non-hydrogen) atoms. The lowest BCUT2D eigenvalue weighted by Crippen LogP contribution is -2.23. The Morgan fingerprint density at radius 2 is 1.92 bits per heavy atom. The van der Waals surface area contributed by atoms with E-state index in [9.17, 15) is 9.18 Å². The third-order valence-electron chi connectivity index (χ3n) is 3.62. The van der Waals surface area contributed by atoms with Gasteiger partial charge in [-0.05, 0) is 24.6 Å². The Bertz CT molecular complexity index is 843. The van der Waals surface area contributed by atoms with E-state index in [-0.39, 0.29) is 5.56 Å². The number of benzene rings is 2. The summed E-state index contributed by atoms with van der Waals surface area (Å²) in [6.45, 7) is 2.36. The molecule has 0 radical (unpaired) electrons. The number of aryl methyl sites for hydroxylation is 1. The van der Waals surface area contributed by atoms with Crippen LogP contribution in [0, 0.1) is 12.7 Å². The molecule has 1 aromatic heterocycles. The molecule has 0 aliphatic rings. The number of amides is 1. The number of carbonyl (C=O) groups is 1. The lowest BCUT2D eigenvalue weighted by molar-refractivity contribution is 0.0947. The zero-order valence-electron chi connectivity index (χ0n) is 13.3. The van der Waals surface area contributed by atoms with Crippen LogP contribution in [0.1, 0.15) is 31.4 Å². The first-order valence-corrected chi connectivity index (χ1v) is 8.45. The van der Waals surface area contributed by atoms with Gasteiger partial charge in [-0.3, -0.25) is 4.79 Å². The minimum absolute atomic E-state index is 0.0499. The van der Waals surface area contributed by atoms with Crippen LogP contribution in [0.4, 0.5) is 4.39 Å². The summed E-state index contributed by atoms with van der Waals surface area (Å²) in [7, 11) is 0.